The molecule has 1 aliphatic heterocycles. The average molecular weight is 417 g/mol. The summed E-state index contributed by atoms with van der Waals surface area (Å²) in [5, 5.41) is 8.73. The number of hydrogen-bond acceptors (Lipinski definition) is 6. The van der Waals surface area contributed by atoms with E-state index in [1.165, 1.54) is 0 Å². The van der Waals surface area contributed by atoms with Crippen LogP contribution >= 0.6 is 34.8 Å². The molecular formula is C16H12Cl3N3O4. The number of aromatic carboxylic acids is 1. The second-order valence-corrected chi connectivity index (χ2v) is 6.26. The van der Waals surface area contributed by atoms with Crippen molar-refractivity contribution in [2.24, 2.45) is 0 Å². The Labute approximate surface area is 163 Å². The number of benzene rings is 1. The monoisotopic (exact) mass is 415 g/mol. The van der Waals surface area contributed by atoms with Crippen LogP contribution < -0.4 is 20.3 Å². The summed E-state index contributed by atoms with van der Waals surface area (Å²) in [7, 11) is 0. The number of hydrazine groups is 1. The van der Waals surface area contributed by atoms with Gasteiger partial charge < -0.3 is 20.0 Å². The molecule has 0 aliphatic carbocycles. The zero-order chi connectivity index (χ0) is 18.8. The van der Waals surface area contributed by atoms with Gasteiger partial charge in [0.15, 0.2) is 22.3 Å². The fraction of sp³-hybridized carbons (Fsp3) is 0.125. The van der Waals surface area contributed by atoms with Crippen LogP contribution in [0, 0.1) is 0 Å². The van der Waals surface area contributed by atoms with Crippen LogP contribution in [0.4, 0.5) is 5.69 Å². The Balaban J connectivity index is 1.81. The number of anilines is 1. The number of rotatable bonds is 5. The van der Waals surface area contributed by atoms with Gasteiger partial charge >= 0.3 is 5.97 Å². The first-order valence-corrected chi connectivity index (χ1v) is 8.40. The molecule has 0 fully saturated rings. The fourth-order valence-electron chi connectivity index (χ4n) is 2.21. The number of fused-ring (bicyclic) bond motifs is 1. The molecule has 3 rings (SSSR count). The molecule has 0 radical (unpaired) electrons. The molecular weight excluding hydrogens is 405 g/mol. The lowest BCUT2D eigenvalue weighted by molar-refractivity contribution is 0.0691. The molecule has 1 aromatic heterocycles. The molecule has 0 unspecified atom stereocenters. The van der Waals surface area contributed by atoms with Gasteiger partial charge in [0.05, 0.1) is 11.4 Å². The molecule has 3 N–H and O–H groups in total. The lowest BCUT2D eigenvalue weighted by atomic mass is 10.1. The number of pyridine rings is 1. The standard InChI is InChI=1S/C16H12Cl3N3O4/c1-7(8-2-3-9-10(6-8)26-5-4-25-9)21-22-13-11(17)14(16(23)24)20-15(19)12(13)18/h2-3,6,21H,1,4-5H2,(H,20,22)(H,23,24). The van der Waals surface area contributed by atoms with E-state index in [1.54, 1.807) is 18.2 Å². The number of carboxylic acid groups (broad SMARTS) is 1. The van der Waals surface area contributed by atoms with E-state index in [2.05, 4.69) is 22.4 Å². The van der Waals surface area contributed by atoms with Crippen LogP contribution in [0.25, 0.3) is 5.70 Å². The highest BCUT2D eigenvalue weighted by molar-refractivity contribution is 6.46. The topological polar surface area (TPSA) is 92.7 Å². The summed E-state index contributed by atoms with van der Waals surface area (Å²) in [5.41, 5.74) is 6.36. The van der Waals surface area contributed by atoms with Crippen LogP contribution in [0.1, 0.15) is 16.1 Å². The smallest absolute Gasteiger partial charge is 0.356 e. The van der Waals surface area contributed by atoms with Crippen LogP contribution in [0.2, 0.25) is 15.2 Å². The number of ether oxygens (including phenoxy) is 2. The van der Waals surface area contributed by atoms with E-state index in [-0.39, 0.29) is 20.9 Å². The number of nitrogens with zero attached hydrogens (tertiary/aromatic N) is 1. The minimum atomic E-state index is -1.33. The lowest BCUT2D eigenvalue weighted by Crippen LogP contribution is -2.21. The third kappa shape index (κ3) is 3.60. The maximum absolute atomic E-state index is 11.2. The van der Waals surface area contributed by atoms with Gasteiger partial charge in [-0.1, -0.05) is 41.4 Å². The number of carbonyl (C=O) groups is 1. The van der Waals surface area contributed by atoms with Gasteiger partial charge in [-0.3, -0.25) is 5.43 Å². The first kappa shape index (κ1) is 18.4. The third-order valence-corrected chi connectivity index (χ3v) is 4.58. The summed E-state index contributed by atoms with van der Waals surface area (Å²) in [6, 6.07) is 5.31. The van der Waals surface area contributed by atoms with E-state index in [4.69, 9.17) is 49.4 Å². The van der Waals surface area contributed by atoms with Gasteiger partial charge in [-0.05, 0) is 18.2 Å². The highest BCUT2D eigenvalue weighted by Gasteiger charge is 2.21. The zero-order valence-electron chi connectivity index (χ0n) is 13.1. The number of carboxylic acids is 1. The van der Waals surface area contributed by atoms with Gasteiger partial charge in [0, 0.05) is 5.56 Å². The minimum Gasteiger partial charge on any atom is -0.486 e. The summed E-state index contributed by atoms with van der Waals surface area (Å²) in [6.07, 6.45) is 0. The molecule has 7 nitrogen and oxygen atoms in total. The Bertz CT molecular complexity index is 905. The predicted molar refractivity (Wildman–Crippen MR) is 99.5 cm³/mol. The van der Waals surface area contributed by atoms with Crippen molar-refractivity contribution in [3.05, 3.63) is 51.2 Å². The van der Waals surface area contributed by atoms with Crippen molar-refractivity contribution in [3.63, 3.8) is 0 Å². The maximum atomic E-state index is 11.2. The SMILES string of the molecule is C=C(NNc1c(Cl)c(Cl)nc(C(=O)O)c1Cl)c1ccc2c(c1)OCCO2. The van der Waals surface area contributed by atoms with Gasteiger partial charge in [0.1, 0.15) is 23.3 Å². The molecule has 10 heteroatoms. The van der Waals surface area contributed by atoms with Gasteiger partial charge in [0.25, 0.3) is 0 Å². The van der Waals surface area contributed by atoms with Crippen LogP contribution in [-0.2, 0) is 0 Å². The molecule has 2 aromatic rings. The summed E-state index contributed by atoms with van der Waals surface area (Å²) in [4.78, 5) is 14.8. The van der Waals surface area contributed by atoms with Crippen molar-refractivity contribution in [2.75, 3.05) is 18.6 Å². The largest absolute Gasteiger partial charge is 0.486 e. The Kier molecular flexibility index (Phi) is 5.31. The minimum absolute atomic E-state index is 0.0239. The summed E-state index contributed by atoms with van der Waals surface area (Å²) in [5.74, 6) is -0.0750. The molecule has 1 aromatic carbocycles. The molecule has 0 amide bonds. The molecule has 26 heavy (non-hydrogen) atoms. The molecule has 1 aliphatic rings. The number of halogens is 3. The van der Waals surface area contributed by atoms with Gasteiger partial charge in [0.2, 0.25) is 0 Å². The van der Waals surface area contributed by atoms with Crippen molar-refractivity contribution in [2.45, 2.75) is 0 Å². The van der Waals surface area contributed by atoms with E-state index in [9.17, 15) is 4.79 Å². The third-order valence-electron chi connectivity index (χ3n) is 3.47. The van der Waals surface area contributed by atoms with Crippen LogP contribution in [0.3, 0.4) is 0 Å². The van der Waals surface area contributed by atoms with E-state index in [0.717, 1.165) is 0 Å². The Morgan fingerprint density at radius 3 is 2.54 bits per heavy atom. The van der Waals surface area contributed by atoms with E-state index in [1.807, 2.05) is 0 Å². The quantitative estimate of drug-likeness (QED) is 0.499. The van der Waals surface area contributed by atoms with E-state index in [0.29, 0.717) is 36.0 Å². The van der Waals surface area contributed by atoms with E-state index < -0.39 is 11.7 Å². The highest BCUT2D eigenvalue weighted by atomic mass is 35.5. The van der Waals surface area contributed by atoms with Gasteiger partial charge in [-0.25, -0.2) is 9.78 Å². The van der Waals surface area contributed by atoms with Gasteiger partial charge in [-0.15, -0.1) is 0 Å². The van der Waals surface area contributed by atoms with Crippen LogP contribution in [0.5, 0.6) is 11.5 Å². The van der Waals surface area contributed by atoms with Crippen LogP contribution in [0.15, 0.2) is 24.8 Å². The first-order valence-electron chi connectivity index (χ1n) is 7.27. The Morgan fingerprint density at radius 1 is 1.15 bits per heavy atom. The molecule has 136 valence electrons. The molecule has 0 atom stereocenters. The summed E-state index contributed by atoms with van der Waals surface area (Å²) < 4.78 is 11.0. The van der Waals surface area contributed by atoms with Gasteiger partial charge in [-0.2, -0.15) is 0 Å². The second-order valence-electron chi connectivity index (χ2n) is 5.15. The summed E-state index contributed by atoms with van der Waals surface area (Å²) in [6.45, 7) is 4.87. The van der Waals surface area contributed by atoms with Crippen molar-refractivity contribution in [3.8, 4) is 11.5 Å². The second kappa shape index (κ2) is 7.49. The average Bonchev–Trinajstić information content (AvgIpc) is 2.63. The molecule has 0 spiro atoms. The van der Waals surface area contributed by atoms with Crippen molar-refractivity contribution < 1.29 is 19.4 Å². The highest BCUT2D eigenvalue weighted by Crippen LogP contribution is 2.37. The number of nitrogens with one attached hydrogen (secondary N) is 2. The maximum Gasteiger partial charge on any atom is 0.356 e. The van der Waals surface area contributed by atoms with Crippen LogP contribution in [-0.4, -0.2) is 29.3 Å². The predicted octanol–water partition coefficient (Wildman–Crippen LogP) is 4.10. The van der Waals surface area contributed by atoms with Crippen molar-refractivity contribution in [1.82, 2.24) is 10.4 Å². The summed E-state index contributed by atoms with van der Waals surface area (Å²) >= 11 is 18.0. The van der Waals surface area contributed by atoms with Crippen molar-refractivity contribution in [1.29, 1.82) is 0 Å². The van der Waals surface area contributed by atoms with E-state index >= 15 is 0 Å². The number of aromatic nitrogens is 1. The molecule has 2 heterocycles. The molecule has 0 bridgehead atoms. The fourth-order valence-corrected chi connectivity index (χ4v) is 2.88. The normalized spacial score (nSPS) is 12.4. The Hall–Kier alpha value is -2.35. The number of hydrogen-bond donors (Lipinski definition) is 3. The molecule has 0 saturated heterocycles. The van der Waals surface area contributed by atoms with Crippen molar-refractivity contribution >= 4 is 52.2 Å². The first-order chi connectivity index (χ1) is 12.4. The lowest BCUT2D eigenvalue weighted by Gasteiger charge is -2.20. The molecule has 0 saturated carbocycles. The zero-order valence-corrected chi connectivity index (χ0v) is 15.4. The Morgan fingerprint density at radius 2 is 1.85 bits per heavy atom.